The van der Waals surface area contributed by atoms with Crippen LogP contribution in [0, 0.1) is 0 Å². The molecule has 0 radical (unpaired) electrons. The predicted octanol–water partition coefficient (Wildman–Crippen LogP) is -5.52. The van der Waals surface area contributed by atoms with Crippen molar-refractivity contribution in [3.8, 4) is 0 Å². The zero-order chi connectivity index (χ0) is 4.50. The fourth-order valence-corrected chi connectivity index (χ4v) is 0. The van der Waals surface area contributed by atoms with E-state index >= 15 is 0 Å². The smallest absolute Gasteiger partial charge is 0.894 e. The molecule has 0 aromatic carbocycles. The minimum Gasteiger partial charge on any atom is -0.894 e. The molecular formula is O4Si2. The maximum atomic E-state index is 8.58. The summed E-state index contributed by atoms with van der Waals surface area (Å²) in [4.78, 5) is 34.3. The van der Waals surface area contributed by atoms with Crippen molar-refractivity contribution in [2.45, 2.75) is 0 Å². The Morgan fingerprint density at radius 1 is 0.833 bits per heavy atom. The first-order chi connectivity index (χ1) is 2.00. The van der Waals surface area contributed by atoms with Crippen molar-refractivity contribution in [2.75, 3.05) is 0 Å². The van der Waals surface area contributed by atoms with Crippen LogP contribution >= 0.6 is 0 Å². The van der Waals surface area contributed by atoms with Crippen LogP contribution in [-0.2, 0) is 0 Å². The summed E-state index contributed by atoms with van der Waals surface area (Å²) in [6, 6.07) is 0. The molecule has 0 fully saturated rings. The fraction of sp³-hybridized carbons (Fsp3) is 0. The van der Waals surface area contributed by atoms with Gasteiger partial charge in [0.05, 0.1) is 0 Å². The summed E-state index contributed by atoms with van der Waals surface area (Å²) in [6.07, 6.45) is 0. The van der Waals surface area contributed by atoms with Crippen LogP contribution in [0.1, 0.15) is 0 Å². The molecule has 32 valence electrons. The first kappa shape index (κ1) is 9.55. The molecule has 0 heterocycles. The van der Waals surface area contributed by atoms with Crippen LogP contribution in [-0.4, -0.2) is 20.0 Å². The van der Waals surface area contributed by atoms with Gasteiger partial charge in [-0.15, -0.1) is 0 Å². The molecule has 0 amide bonds. The molecule has 0 aliphatic heterocycles. The van der Waals surface area contributed by atoms with E-state index in [-0.39, 0.29) is 11.0 Å². The van der Waals surface area contributed by atoms with E-state index < -0.39 is 9.05 Å². The van der Waals surface area contributed by atoms with Gasteiger partial charge in [0.1, 0.15) is 0 Å². The van der Waals surface area contributed by atoms with E-state index in [2.05, 4.69) is 0 Å². The number of rotatable bonds is 0. The molecule has 6 heteroatoms. The Morgan fingerprint density at radius 3 is 0.833 bits per heavy atom. The van der Waals surface area contributed by atoms with Gasteiger partial charge in [0, 0.05) is 0 Å². The van der Waals surface area contributed by atoms with Crippen molar-refractivity contribution < 1.29 is 19.2 Å². The second-order valence-electron chi connectivity index (χ2n) is 0.500. The zero-order valence-electron chi connectivity index (χ0n) is 2.63. The Morgan fingerprint density at radius 2 is 0.833 bits per heavy atom. The molecule has 0 unspecified atom stereocenters. The molecule has 0 bridgehead atoms. The van der Waals surface area contributed by atoms with Crippen molar-refractivity contribution in [1.29, 1.82) is 0 Å². The maximum absolute atomic E-state index is 8.58. The Labute approximate surface area is 40.2 Å². The van der Waals surface area contributed by atoms with E-state index in [0.717, 1.165) is 0 Å². The van der Waals surface area contributed by atoms with Crippen molar-refractivity contribution >= 4 is 20.0 Å². The van der Waals surface area contributed by atoms with Crippen LogP contribution in [0.5, 0.6) is 0 Å². The van der Waals surface area contributed by atoms with Crippen LogP contribution in [0.2, 0.25) is 0 Å². The Kier molecular flexibility index (Phi) is 3.90. The summed E-state index contributed by atoms with van der Waals surface area (Å²) >= 11 is 0. The molecule has 0 aliphatic carbocycles. The van der Waals surface area contributed by atoms with Gasteiger partial charge < -0.3 is 28.2 Å². The fourth-order valence-electron chi connectivity index (χ4n) is 0. The summed E-state index contributed by atoms with van der Waals surface area (Å²) in [6.45, 7) is 0. The summed E-state index contributed by atoms with van der Waals surface area (Å²) < 4.78 is 0. The molecular weight excluding hydrogens is 120 g/mol. The summed E-state index contributed by atoms with van der Waals surface area (Å²) in [5.74, 6) is 0. The van der Waals surface area contributed by atoms with Gasteiger partial charge in [-0.2, -0.15) is 0 Å². The zero-order valence-corrected chi connectivity index (χ0v) is 4.63. The molecule has 0 aromatic rings. The van der Waals surface area contributed by atoms with Gasteiger partial charge in [0.15, 0.2) is 0 Å². The molecule has 0 saturated heterocycles. The minimum atomic E-state index is -5.61. The van der Waals surface area contributed by atoms with Crippen LogP contribution in [0.3, 0.4) is 0 Å². The van der Waals surface area contributed by atoms with Crippen molar-refractivity contribution in [1.82, 2.24) is 0 Å². The standard InChI is InChI=1S/O4Si.Si/c1-5(2,3)4;/q-4;+4. The van der Waals surface area contributed by atoms with Crippen LogP contribution < -0.4 is 19.2 Å². The molecule has 6 heavy (non-hydrogen) atoms. The van der Waals surface area contributed by atoms with Gasteiger partial charge in [-0.05, 0) is 0 Å². The molecule has 0 rings (SSSR count). The van der Waals surface area contributed by atoms with E-state index in [0.29, 0.717) is 0 Å². The number of hydrogen-bond acceptors (Lipinski definition) is 4. The van der Waals surface area contributed by atoms with Crippen LogP contribution in [0.25, 0.3) is 0 Å². The molecule has 0 N–H and O–H groups in total. The molecule has 0 aliphatic rings. The topological polar surface area (TPSA) is 92.2 Å². The van der Waals surface area contributed by atoms with Gasteiger partial charge in [-0.3, -0.25) is 0 Å². The third-order valence-electron chi connectivity index (χ3n) is 0. The molecule has 0 saturated carbocycles. The van der Waals surface area contributed by atoms with E-state index in [1.807, 2.05) is 0 Å². The third-order valence-corrected chi connectivity index (χ3v) is 0. The Bertz CT molecular complexity index is 21.0. The third kappa shape index (κ3) is 611. The van der Waals surface area contributed by atoms with Gasteiger partial charge in [-0.1, -0.05) is 0 Å². The van der Waals surface area contributed by atoms with Crippen molar-refractivity contribution in [2.24, 2.45) is 0 Å². The normalized spacial score (nSPS) is 10.0. The molecule has 0 aromatic heterocycles. The largest absolute Gasteiger partial charge is 4.00 e. The monoisotopic (exact) mass is 120 g/mol. The summed E-state index contributed by atoms with van der Waals surface area (Å²) in [7, 11) is -5.61. The van der Waals surface area contributed by atoms with E-state index in [4.69, 9.17) is 19.2 Å². The van der Waals surface area contributed by atoms with Crippen LogP contribution in [0.15, 0.2) is 0 Å². The molecule has 4 nitrogen and oxygen atoms in total. The summed E-state index contributed by atoms with van der Waals surface area (Å²) in [5, 5.41) is 0. The first-order valence-corrected chi connectivity index (χ1v) is 2.45. The van der Waals surface area contributed by atoms with Gasteiger partial charge in [0.2, 0.25) is 0 Å². The van der Waals surface area contributed by atoms with Gasteiger partial charge in [0.25, 0.3) is 0 Å². The van der Waals surface area contributed by atoms with E-state index in [9.17, 15) is 0 Å². The Balaban J connectivity index is 0. The van der Waals surface area contributed by atoms with Crippen LogP contribution in [0.4, 0.5) is 0 Å². The quantitative estimate of drug-likeness (QED) is 0.298. The minimum absolute atomic E-state index is 0. The predicted molar refractivity (Wildman–Crippen MR) is 11.5 cm³/mol. The first-order valence-electron chi connectivity index (χ1n) is 0.816. The molecule has 0 spiro atoms. The van der Waals surface area contributed by atoms with Gasteiger partial charge in [-0.25, -0.2) is 0 Å². The SMILES string of the molecule is [O-][Si]([O-])([O-])[O-].[Si+4]. The second-order valence-corrected chi connectivity index (χ2v) is 1.50. The average Bonchev–Trinajstić information content (AvgIpc) is 0.722. The second kappa shape index (κ2) is 2.45. The Hall–Kier alpha value is 0.274. The van der Waals surface area contributed by atoms with Crippen molar-refractivity contribution in [3.05, 3.63) is 0 Å². The number of hydrogen-bond donors (Lipinski definition) is 0. The van der Waals surface area contributed by atoms with Gasteiger partial charge >= 0.3 is 11.0 Å². The van der Waals surface area contributed by atoms with E-state index in [1.165, 1.54) is 0 Å². The average molecular weight is 120 g/mol. The van der Waals surface area contributed by atoms with E-state index in [1.54, 1.807) is 0 Å². The van der Waals surface area contributed by atoms with Crippen molar-refractivity contribution in [3.63, 3.8) is 0 Å². The summed E-state index contributed by atoms with van der Waals surface area (Å²) in [5.41, 5.74) is 0. The maximum Gasteiger partial charge on any atom is 4.00 e. The molecule has 0 atom stereocenters.